The van der Waals surface area contributed by atoms with Gasteiger partial charge in [0, 0.05) is 19.6 Å². The summed E-state index contributed by atoms with van der Waals surface area (Å²) in [4.78, 5) is 2.56. The molecule has 0 spiro atoms. The molecule has 0 saturated carbocycles. The van der Waals surface area contributed by atoms with Gasteiger partial charge in [0.05, 0.1) is 0 Å². The fourth-order valence-electron chi connectivity index (χ4n) is 2.69. The first-order valence-electron chi connectivity index (χ1n) is 7.90. The molecule has 1 aliphatic heterocycles. The van der Waals surface area contributed by atoms with Crippen molar-refractivity contribution in [1.82, 2.24) is 10.2 Å². The van der Waals surface area contributed by atoms with Crippen LogP contribution in [0, 0.1) is 11.3 Å². The number of rotatable bonds is 7. The molecule has 1 fully saturated rings. The summed E-state index contributed by atoms with van der Waals surface area (Å²) in [5.74, 6) is 0.767. The lowest BCUT2D eigenvalue weighted by Gasteiger charge is -2.19. The molecule has 0 aliphatic carbocycles. The van der Waals surface area contributed by atoms with Gasteiger partial charge in [-0.15, -0.1) is 0 Å². The average Bonchev–Trinajstić information content (AvgIpc) is 2.79. The molecule has 4 nitrogen and oxygen atoms in total. The molecule has 1 aromatic carbocycles. The number of nitrogens with zero attached hydrogens (tertiary/aromatic N) is 2. The highest BCUT2D eigenvalue weighted by molar-refractivity contribution is 5.28. The van der Waals surface area contributed by atoms with Gasteiger partial charge in [0.15, 0.2) is 6.61 Å². The minimum atomic E-state index is 0.103. The molecule has 1 aromatic rings. The molecule has 21 heavy (non-hydrogen) atoms. The van der Waals surface area contributed by atoms with E-state index in [2.05, 4.69) is 16.3 Å². The first-order chi connectivity index (χ1) is 10.4. The van der Waals surface area contributed by atoms with Crippen LogP contribution in [0.4, 0.5) is 0 Å². The van der Waals surface area contributed by atoms with Crippen LogP contribution < -0.4 is 10.1 Å². The minimum Gasteiger partial charge on any atom is -0.479 e. The third kappa shape index (κ3) is 6.16. The van der Waals surface area contributed by atoms with E-state index in [1.807, 2.05) is 24.3 Å². The van der Waals surface area contributed by atoms with Crippen molar-refractivity contribution < 1.29 is 4.74 Å². The third-order valence-electron chi connectivity index (χ3n) is 3.83. The Hall–Kier alpha value is -1.57. The van der Waals surface area contributed by atoms with Crippen LogP contribution in [0.2, 0.25) is 0 Å². The van der Waals surface area contributed by atoms with Gasteiger partial charge in [0.2, 0.25) is 0 Å². The van der Waals surface area contributed by atoms with Crippen LogP contribution in [0.5, 0.6) is 5.75 Å². The van der Waals surface area contributed by atoms with Gasteiger partial charge in [-0.2, -0.15) is 5.26 Å². The molecule has 0 radical (unpaired) electrons. The highest BCUT2D eigenvalue weighted by atomic mass is 16.5. The maximum Gasteiger partial charge on any atom is 0.174 e. The molecule has 1 heterocycles. The zero-order valence-corrected chi connectivity index (χ0v) is 12.7. The Bertz CT molecular complexity index is 448. The summed E-state index contributed by atoms with van der Waals surface area (Å²) >= 11 is 0. The largest absolute Gasteiger partial charge is 0.479 e. The summed E-state index contributed by atoms with van der Waals surface area (Å²) in [7, 11) is 0. The average molecular weight is 287 g/mol. The van der Waals surface area contributed by atoms with Crippen LogP contribution >= 0.6 is 0 Å². The summed E-state index contributed by atoms with van der Waals surface area (Å²) in [6.07, 6.45) is 5.47. The molecule has 4 heteroatoms. The Morgan fingerprint density at radius 2 is 2.00 bits per heavy atom. The molecule has 1 N–H and O–H groups in total. The number of nitriles is 1. The van der Waals surface area contributed by atoms with E-state index in [1.165, 1.54) is 44.3 Å². The highest BCUT2D eigenvalue weighted by Gasteiger charge is 2.07. The van der Waals surface area contributed by atoms with Gasteiger partial charge < -0.3 is 15.0 Å². The zero-order chi connectivity index (χ0) is 14.8. The minimum absolute atomic E-state index is 0.103. The van der Waals surface area contributed by atoms with Crippen molar-refractivity contribution in [1.29, 1.82) is 5.26 Å². The second-order valence-corrected chi connectivity index (χ2v) is 5.53. The van der Waals surface area contributed by atoms with Crippen molar-refractivity contribution in [3.63, 3.8) is 0 Å². The molecule has 0 unspecified atom stereocenters. The summed E-state index contributed by atoms with van der Waals surface area (Å²) in [5, 5.41) is 12.0. The summed E-state index contributed by atoms with van der Waals surface area (Å²) in [5.41, 5.74) is 1.20. The van der Waals surface area contributed by atoms with Crippen molar-refractivity contribution >= 4 is 0 Å². The maximum absolute atomic E-state index is 8.52. The van der Waals surface area contributed by atoms with Crippen LogP contribution in [0.1, 0.15) is 31.2 Å². The van der Waals surface area contributed by atoms with E-state index < -0.39 is 0 Å². The summed E-state index contributed by atoms with van der Waals surface area (Å²) in [6.45, 7) is 5.59. The van der Waals surface area contributed by atoms with Crippen LogP contribution in [0.3, 0.4) is 0 Å². The second kappa shape index (κ2) is 9.38. The van der Waals surface area contributed by atoms with E-state index in [4.69, 9.17) is 10.00 Å². The Morgan fingerprint density at radius 1 is 1.19 bits per heavy atom. The molecule has 114 valence electrons. The van der Waals surface area contributed by atoms with Gasteiger partial charge in [-0.3, -0.25) is 0 Å². The van der Waals surface area contributed by atoms with E-state index in [0.29, 0.717) is 0 Å². The van der Waals surface area contributed by atoms with Gasteiger partial charge in [0.25, 0.3) is 0 Å². The Morgan fingerprint density at radius 3 is 2.76 bits per heavy atom. The summed E-state index contributed by atoms with van der Waals surface area (Å²) < 4.78 is 5.31. The van der Waals surface area contributed by atoms with Crippen molar-refractivity contribution in [3.8, 4) is 11.8 Å². The Balaban J connectivity index is 1.67. The van der Waals surface area contributed by atoms with E-state index in [1.54, 1.807) is 0 Å². The van der Waals surface area contributed by atoms with Crippen LogP contribution in [-0.4, -0.2) is 37.7 Å². The standard InChI is InChI=1S/C17H25N3O/c18-8-13-21-17-7-5-6-16(14-17)15-19-9-12-20-10-3-1-2-4-11-20/h5-7,14,19H,1-4,9-13,15H2. The normalized spacial score (nSPS) is 16.1. The van der Waals surface area contributed by atoms with Crippen LogP contribution in [0.25, 0.3) is 0 Å². The van der Waals surface area contributed by atoms with Crippen molar-refractivity contribution in [2.75, 3.05) is 32.8 Å². The number of hydrogen-bond donors (Lipinski definition) is 1. The van der Waals surface area contributed by atoms with Crippen molar-refractivity contribution in [3.05, 3.63) is 29.8 Å². The van der Waals surface area contributed by atoms with E-state index >= 15 is 0 Å². The molecule has 1 saturated heterocycles. The van der Waals surface area contributed by atoms with E-state index in [9.17, 15) is 0 Å². The topological polar surface area (TPSA) is 48.3 Å². The Labute approximate surface area is 127 Å². The smallest absolute Gasteiger partial charge is 0.174 e. The van der Waals surface area contributed by atoms with Gasteiger partial charge in [-0.05, 0) is 43.6 Å². The summed E-state index contributed by atoms with van der Waals surface area (Å²) in [6, 6.07) is 9.92. The molecule has 0 amide bonds. The van der Waals surface area contributed by atoms with Crippen LogP contribution in [0.15, 0.2) is 24.3 Å². The molecular weight excluding hydrogens is 262 g/mol. The van der Waals surface area contributed by atoms with Gasteiger partial charge in [-0.25, -0.2) is 0 Å². The van der Waals surface area contributed by atoms with Crippen LogP contribution in [-0.2, 0) is 6.54 Å². The fourth-order valence-corrected chi connectivity index (χ4v) is 2.69. The Kier molecular flexibility index (Phi) is 7.06. The second-order valence-electron chi connectivity index (χ2n) is 5.53. The van der Waals surface area contributed by atoms with Gasteiger partial charge in [0.1, 0.15) is 11.8 Å². The fraction of sp³-hybridized carbons (Fsp3) is 0.588. The van der Waals surface area contributed by atoms with Gasteiger partial charge in [-0.1, -0.05) is 25.0 Å². The maximum atomic E-state index is 8.52. The molecule has 0 atom stereocenters. The van der Waals surface area contributed by atoms with E-state index in [0.717, 1.165) is 25.4 Å². The monoisotopic (exact) mass is 287 g/mol. The molecule has 0 aromatic heterocycles. The zero-order valence-electron chi connectivity index (χ0n) is 12.7. The lowest BCUT2D eigenvalue weighted by molar-refractivity contribution is 0.284. The predicted molar refractivity (Wildman–Crippen MR) is 84.2 cm³/mol. The van der Waals surface area contributed by atoms with Crippen molar-refractivity contribution in [2.24, 2.45) is 0 Å². The van der Waals surface area contributed by atoms with E-state index in [-0.39, 0.29) is 6.61 Å². The molecular formula is C17H25N3O. The number of benzene rings is 1. The quantitative estimate of drug-likeness (QED) is 0.783. The van der Waals surface area contributed by atoms with Gasteiger partial charge >= 0.3 is 0 Å². The predicted octanol–water partition coefficient (Wildman–Crippen LogP) is 2.55. The molecule has 0 bridgehead atoms. The highest BCUT2D eigenvalue weighted by Crippen LogP contribution is 2.13. The number of nitrogens with one attached hydrogen (secondary N) is 1. The number of likely N-dealkylation sites (tertiary alicyclic amines) is 1. The molecule has 2 rings (SSSR count). The lowest BCUT2D eigenvalue weighted by atomic mass is 10.2. The molecule has 1 aliphatic rings. The number of ether oxygens (including phenoxy) is 1. The third-order valence-corrected chi connectivity index (χ3v) is 3.83. The first kappa shape index (κ1) is 15.8. The van der Waals surface area contributed by atoms with Crippen molar-refractivity contribution in [2.45, 2.75) is 32.2 Å². The first-order valence-corrected chi connectivity index (χ1v) is 7.90. The SMILES string of the molecule is N#CCOc1cccc(CNCCN2CCCCCC2)c1. The lowest BCUT2D eigenvalue weighted by Crippen LogP contribution is -2.32. The number of hydrogen-bond acceptors (Lipinski definition) is 4.